The van der Waals surface area contributed by atoms with Crippen LogP contribution < -0.4 is 10.6 Å². The van der Waals surface area contributed by atoms with E-state index in [4.69, 9.17) is 4.74 Å². The SMILES string of the molecule is CCCC(C)[C@H](NC(=O)OC(C)(C)C)C(=O)NC. The van der Waals surface area contributed by atoms with Gasteiger partial charge in [0, 0.05) is 7.05 Å². The number of carbonyl (C=O) groups is 2. The lowest BCUT2D eigenvalue weighted by Crippen LogP contribution is -2.50. The number of nitrogens with one attached hydrogen (secondary N) is 2. The van der Waals surface area contributed by atoms with Gasteiger partial charge in [0.25, 0.3) is 0 Å². The van der Waals surface area contributed by atoms with Crippen molar-refractivity contribution in [3.05, 3.63) is 0 Å². The molecule has 0 fully saturated rings. The zero-order valence-corrected chi connectivity index (χ0v) is 12.3. The summed E-state index contributed by atoms with van der Waals surface area (Å²) in [4.78, 5) is 23.4. The van der Waals surface area contributed by atoms with Gasteiger partial charge in [0.1, 0.15) is 11.6 Å². The highest BCUT2D eigenvalue weighted by molar-refractivity contribution is 5.85. The van der Waals surface area contributed by atoms with Gasteiger partial charge >= 0.3 is 6.09 Å². The zero-order chi connectivity index (χ0) is 14.3. The van der Waals surface area contributed by atoms with Crippen molar-refractivity contribution in [2.24, 2.45) is 5.92 Å². The van der Waals surface area contributed by atoms with Crippen molar-refractivity contribution in [2.75, 3.05) is 7.05 Å². The average Bonchev–Trinajstić information content (AvgIpc) is 2.22. The molecule has 0 aromatic heterocycles. The highest BCUT2D eigenvalue weighted by Gasteiger charge is 2.27. The third-order valence-electron chi connectivity index (χ3n) is 2.51. The van der Waals surface area contributed by atoms with Crippen molar-refractivity contribution in [3.63, 3.8) is 0 Å². The minimum atomic E-state index is -0.564. The van der Waals surface area contributed by atoms with E-state index in [0.717, 1.165) is 12.8 Å². The summed E-state index contributed by atoms with van der Waals surface area (Å²) >= 11 is 0. The van der Waals surface area contributed by atoms with Crippen LogP contribution in [0.5, 0.6) is 0 Å². The van der Waals surface area contributed by atoms with Crippen molar-refractivity contribution < 1.29 is 14.3 Å². The second-order valence-corrected chi connectivity index (χ2v) is 5.50. The Kier molecular flexibility index (Phi) is 6.73. The fraction of sp³-hybridized carbons (Fsp3) is 0.846. The molecular formula is C13H26N2O3. The Morgan fingerprint density at radius 2 is 1.83 bits per heavy atom. The van der Waals surface area contributed by atoms with Crippen LogP contribution >= 0.6 is 0 Å². The number of rotatable bonds is 5. The van der Waals surface area contributed by atoms with Gasteiger partial charge in [-0.15, -0.1) is 0 Å². The fourth-order valence-electron chi connectivity index (χ4n) is 1.68. The molecule has 5 nitrogen and oxygen atoms in total. The summed E-state index contributed by atoms with van der Waals surface area (Å²) in [5, 5.41) is 5.20. The summed E-state index contributed by atoms with van der Waals surface area (Å²) in [5.74, 6) is -0.121. The summed E-state index contributed by atoms with van der Waals surface area (Å²) in [7, 11) is 1.56. The van der Waals surface area contributed by atoms with E-state index in [1.165, 1.54) is 0 Å². The van der Waals surface area contributed by atoms with Crippen molar-refractivity contribution in [2.45, 2.75) is 59.1 Å². The van der Waals surface area contributed by atoms with Gasteiger partial charge in [-0.1, -0.05) is 20.3 Å². The van der Waals surface area contributed by atoms with Gasteiger partial charge in [-0.2, -0.15) is 0 Å². The molecule has 106 valence electrons. The average molecular weight is 258 g/mol. The Morgan fingerprint density at radius 1 is 1.28 bits per heavy atom. The van der Waals surface area contributed by atoms with Gasteiger partial charge in [-0.25, -0.2) is 4.79 Å². The number of carbonyl (C=O) groups excluding carboxylic acids is 2. The van der Waals surface area contributed by atoms with Crippen LogP contribution in [0, 0.1) is 5.92 Å². The molecule has 0 bridgehead atoms. The Hall–Kier alpha value is -1.26. The molecule has 5 heteroatoms. The molecule has 0 aromatic rings. The van der Waals surface area contributed by atoms with E-state index >= 15 is 0 Å². The Labute approximate surface area is 110 Å². The van der Waals surface area contributed by atoms with Crippen LogP contribution in [-0.2, 0) is 9.53 Å². The molecule has 2 N–H and O–H groups in total. The molecule has 2 amide bonds. The largest absolute Gasteiger partial charge is 0.444 e. The van der Waals surface area contributed by atoms with Crippen LogP contribution in [0.4, 0.5) is 4.79 Å². The first kappa shape index (κ1) is 16.7. The van der Waals surface area contributed by atoms with E-state index in [1.807, 2.05) is 13.8 Å². The molecule has 0 radical (unpaired) electrons. The number of hydrogen-bond acceptors (Lipinski definition) is 3. The van der Waals surface area contributed by atoms with E-state index in [9.17, 15) is 9.59 Å². The molecule has 1 unspecified atom stereocenters. The summed E-state index contributed by atoms with van der Waals surface area (Å²) in [6.45, 7) is 9.36. The zero-order valence-electron chi connectivity index (χ0n) is 12.3. The van der Waals surface area contributed by atoms with Crippen molar-refractivity contribution in [3.8, 4) is 0 Å². The third-order valence-corrected chi connectivity index (χ3v) is 2.51. The molecule has 0 aromatic carbocycles. The first-order valence-electron chi connectivity index (χ1n) is 6.42. The van der Waals surface area contributed by atoms with Gasteiger partial charge < -0.3 is 15.4 Å². The number of alkyl carbamates (subject to hydrolysis) is 1. The Balaban J connectivity index is 4.59. The molecule has 0 saturated carbocycles. The predicted molar refractivity (Wildman–Crippen MR) is 71.3 cm³/mol. The minimum absolute atomic E-state index is 0.0717. The number of likely N-dealkylation sites (N-methyl/N-ethyl adjacent to an activating group) is 1. The summed E-state index contributed by atoms with van der Waals surface area (Å²) in [6.07, 6.45) is 1.28. The standard InChI is InChI=1S/C13H26N2O3/c1-7-8-9(2)10(11(16)14-6)15-12(17)18-13(3,4)5/h9-10H,7-8H2,1-6H3,(H,14,16)(H,15,17)/t9?,10-/m0/s1. The maximum Gasteiger partial charge on any atom is 0.408 e. The van der Waals surface area contributed by atoms with Gasteiger partial charge in [0.2, 0.25) is 5.91 Å². The molecule has 18 heavy (non-hydrogen) atoms. The van der Waals surface area contributed by atoms with E-state index in [0.29, 0.717) is 0 Å². The smallest absolute Gasteiger partial charge is 0.408 e. The number of hydrogen-bond donors (Lipinski definition) is 2. The lowest BCUT2D eigenvalue weighted by molar-refractivity contribution is -0.123. The van der Waals surface area contributed by atoms with Crippen molar-refractivity contribution in [1.82, 2.24) is 10.6 Å². The fourth-order valence-corrected chi connectivity index (χ4v) is 1.68. The second kappa shape index (κ2) is 7.24. The minimum Gasteiger partial charge on any atom is -0.444 e. The van der Waals surface area contributed by atoms with E-state index in [2.05, 4.69) is 10.6 Å². The Morgan fingerprint density at radius 3 is 2.22 bits per heavy atom. The molecule has 2 atom stereocenters. The van der Waals surface area contributed by atoms with Crippen LogP contribution in [0.15, 0.2) is 0 Å². The van der Waals surface area contributed by atoms with Crippen molar-refractivity contribution in [1.29, 1.82) is 0 Å². The van der Waals surface area contributed by atoms with E-state index < -0.39 is 17.7 Å². The summed E-state index contributed by atoms with van der Waals surface area (Å²) in [5.41, 5.74) is -0.564. The predicted octanol–water partition coefficient (Wildman–Crippen LogP) is 2.06. The van der Waals surface area contributed by atoms with E-state index in [-0.39, 0.29) is 11.8 Å². The second-order valence-electron chi connectivity index (χ2n) is 5.50. The summed E-state index contributed by atoms with van der Waals surface area (Å²) in [6, 6.07) is -0.551. The first-order valence-corrected chi connectivity index (χ1v) is 6.42. The topological polar surface area (TPSA) is 67.4 Å². The third kappa shape index (κ3) is 6.47. The van der Waals surface area contributed by atoms with Crippen LogP contribution in [-0.4, -0.2) is 30.7 Å². The van der Waals surface area contributed by atoms with Crippen LogP contribution in [0.25, 0.3) is 0 Å². The van der Waals surface area contributed by atoms with Crippen LogP contribution in [0.2, 0.25) is 0 Å². The van der Waals surface area contributed by atoms with Crippen LogP contribution in [0.1, 0.15) is 47.5 Å². The molecule has 0 spiro atoms. The molecule has 0 heterocycles. The highest BCUT2D eigenvalue weighted by atomic mass is 16.6. The quantitative estimate of drug-likeness (QED) is 0.793. The first-order chi connectivity index (χ1) is 8.21. The van der Waals surface area contributed by atoms with Crippen LogP contribution in [0.3, 0.4) is 0 Å². The number of amides is 2. The molecule has 0 aliphatic heterocycles. The maximum absolute atomic E-state index is 11.7. The lowest BCUT2D eigenvalue weighted by Gasteiger charge is -2.26. The number of ether oxygens (including phenoxy) is 1. The molecule has 0 saturated heterocycles. The normalized spacial score (nSPS) is 14.6. The van der Waals surface area contributed by atoms with E-state index in [1.54, 1.807) is 27.8 Å². The highest BCUT2D eigenvalue weighted by Crippen LogP contribution is 2.13. The van der Waals surface area contributed by atoms with Crippen molar-refractivity contribution >= 4 is 12.0 Å². The van der Waals surface area contributed by atoms with Gasteiger partial charge in [-0.05, 0) is 33.1 Å². The molecular weight excluding hydrogens is 232 g/mol. The van der Waals surface area contributed by atoms with Gasteiger partial charge in [0.15, 0.2) is 0 Å². The Bertz CT molecular complexity index is 284. The summed E-state index contributed by atoms with van der Waals surface area (Å²) < 4.78 is 5.16. The monoisotopic (exact) mass is 258 g/mol. The molecule has 0 rings (SSSR count). The molecule has 0 aliphatic rings. The molecule has 0 aliphatic carbocycles. The maximum atomic E-state index is 11.7. The van der Waals surface area contributed by atoms with Gasteiger partial charge in [-0.3, -0.25) is 4.79 Å². The van der Waals surface area contributed by atoms with Gasteiger partial charge in [0.05, 0.1) is 0 Å². The lowest BCUT2D eigenvalue weighted by atomic mass is 9.96.